The third-order valence-corrected chi connectivity index (χ3v) is 2.93. The molecule has 0 fully saturated rings. The van der Waals surface area contributed by atoms with E-state index in [4.69, 9.17) is 4.42 Å². The molecule has 0 radical (unpaired) electrons. The highest BCUT2D eigenvalue weighted by atomic mass is 19.4. The molecule has 1 heterocycles. The quantitative estimate of drug-likeness (QED) is 0.865. The average molecular weight is 299 g/mol. The number of para-hydroxylation sites is 1. The number of ether oxygens (including phenoxy) is 1. The highest BCUT2D eigenvalue weighted by molar-refractivity contribution is 5.41. The molecule has 0 spiro atoms. The van der Waals surface area contributed by atoms with Gasteiger partial charge in [-0.3, -0.25) is 0 Å². The highest BCUT2D eigenvalue weighted by Gasteiger charge is 2.33. The second-order valence-corrected chi connectivity index (χ2v) is 4.53. The van der Waals surface area contributed by atoms with Gasteiger partial charge < -0.3 is 14.5 Å². The second kappa shape index (κ2) is 6.67. The third kappa shape index (κ3) is 4.26. The Morgan fingerprint density at radius 3 is 2.62 bits per heavy atom. The Morgan fingerprint density at radius 2 is 2.00 bits per heavy atom. The SMILES string of the molecule is CCCNC(c1ccoc1)c1ccccc1OC(F)(F)F. The Kier molecular flexibility index (Phi) is 4.90. The first-order valence-electron chi connectivity index (χ1n) is 6.61. The molecule has 0 aliphatic heterocycles. The van der Waals surface area contributed by atoms with Gasteiger partial charge in [0.1, 0.15) is 5.75 Å². The summed E-state index contributed by atoms with van der Waals surface area (Å²) in [6, 6.07) is 7.42. The van der Waals surface area contributed by atoms with Crippen LogP contribution < -0.4 is 10.1 Å². The van der Waals surface area contributed by atoms with Crippen LogP contribution in [-0.4, -0.2) is 12.9 Å². The molecule has 1 aromatic heterocycles. The van der Waals surface area contributed by atoms with E-state index in [-0.39, 0.29) is 5.75 Å². The van der Waals surface area contributed by atoms with Crippen molar-refractivity contribution in [3.8, 4) is 5.75 Å². The van der Waals surface area contributed by atoms with Gasteiger partial charge >= 0.3 is 6.36 Å². The highest BCUT2D eigenvalue weighted by Crippen LogP contribution is 2.33. The van der Waals surface area contributed by atoms with Crippen molar-refractivity contribution >= 4 is 0 Å². The topological polar surface area (TPSA) is 34.4 Å². The molecule has 2 aromatic rings. The molecule has 114 valence electrons. The van der Waals surface area contributed by atoms with Crippen LogP contribution in [0.15, 0.2) is 47.3 Å². The Hall–Kier alpha value is -1.95. The summed E-state index contributed by atoms with van der Waals surface area (Å²) in [6.07, 6.45) is -0.862. The first-order valence-corrected chi connectivity index (χ1v) is 6.61. The zero-order valence-electron chi connectivity index (χ0n) is 11.5. The number of rotatable bonds is 6. The molecule has 1 aromatic carbocycles. The molecule has 0 bridgehead atoms. The van der Waals surface area contributed by atoms with Crippen LogP contribution in [0.3, 0.4) is 0 Å². The maximum absolute atomic E-state index is 12.5. The van der Waals surface area contributed by atoms with E-state index in [1.807, 2.05) is 6.92 Å². The van der Waals surface area contributed by atoms with Crippen molar-refractivity contribution < 1.29 is 22.3 Å². The van der Waals surface area contributed by atoms with Gasteiger partial charge in [-0.25, -0.2) is 0 Å². The van der Waals surface area contributed by atoms with Gasteiger partial charge in [0.15, 0.2) is 0 Å². The summed E-state index contributed by atoms with van der Waals surface area (Å²) >= 11 is 0. The number of hydrogen-bond donors (Lipinski definition) is 1. The second-order valence-electron chi connectivity index (χ2n) is 4.53. The van der Waals surface area contributed by atoms with Crippen molar-refractivity contribution in [2.45, 2.75) is 25.7 Å². The van der Waals surface area contributed by atoms with Crippen LogP contribution in [0.2, 0.25) is 0 Å². The van der Waals surface area contributed by atoms with Crippen LogP contribution in [0.1, 0.15) is 30.5 Å². The Morgan fingerprint density at radius 1 is 1.24 bits per heavy atom. The monoisotopic (exact) mass is 299 g/mol. The molecule has 1 unspecified atom stereocenters. The maximum atomic E-state index is 12.5. The molecule has 1 atom stereocenters. The van der Waals surface area contributed by atoms with Crippen molar-refractivity contribution in [1.82, 2.24) is 5.32 Å². The first kappa shape index (κ1) is 15.4. The fourth-order valence-electron chi connectivity index (χ4n) is 2.07. The summed E-state index contributed by atoms with van der Waals surface area (Å²) in [7, 11) is 0. The van der Waals surface area contributed by atoms with Gasteiger partial charge in [0, 0.05) is 11.1 Å². The Bertz CT molecular complexity index is 552. The van der Waals surface area contributed by atoms with E-state index in [0.717, 1.165) is 12.0 Å². The lowest BCUT2D eigenvalue weighted by molar-refractivity contribution is -0.275. The zero-order valence-corrected chi connectivity index (χ0v) is 11.5. The molecule has 6 heteroatoms. The van der Waals surface area contributed by atoms with E-state index in [9.17, 15) is 13.2 Å². The molecular formula is C15H16F3NO2. The first-order chi connectivity index (χ1) is 10.0. The number of nitrogens with one attached hydrogen (secondary N) is 1. The van der Waals surface area contributed by atoms with Crippen LogP contribution in [-0.2, 0) is 0 Å². The molecule has 0 aliphatic rings. The molecule has 1 N–H and O–H groups in total. The van der Waals surface area contributed by atoms with E-state index in [1.54, 1.807) is 18.2 Å². The van der Waals surface area contributed by atoms with Crippen LogP contribution in [0, 0.1) is 0 Å². The maximum Gasteiger partial charge on any atom is 0.573 e. The van der Waals surface area contributed by atoms with E-state index in [2.05, 4.69) is 10.1 Å². The minimum atomic E-state index is -4.72. The molecule has 2 rings (SSSR count). The molecule has 21 heavy (non-hydrogen) atoms. The van der Waals surface area contributed by atoms with Crippen molar-refractivity contribution in [3.05, 3.63) is 54.0 Å². The van der Waals surface area contributed by atoms with Gasteiger partial charge in [0.2, 0.25) is 0 Å². The minimum Gasteiger partial charge on any atom is -0.472 e. The summed E-state index contributed by atoms with van der Waals surface area (Å²) in [4.78, 5) is 0. The Balaban J connectivity index is 2.35. The van der Waals surface area contributed by atoms with Crippen molar-refractivity contribution in [1.29, 1.82) is 0 Å². The van der Waals surface area contributed by atoms with E-state index in [1.165, 1.54) is 24.7 Å². The lowest BCUT2D eigenvalue weighted by atomic mass is 10.00. The standard InChI is InChI=1S/C15H16F3NO2/c1-2-8-19-14(11-7-9-20-10-11)12-5-3-4-6-13(12)21-15(16,17)18/h3-7,9-10,14,19H,2,8H2,1H3. The number of alkyl halides is 3. The summed E-state index contributed by atoms with van der Waals surface area (Å²) in [5, 5.41) is 3.21. The lowest BCUT2D eigenvalue weighted by Crippen LogP contribution is -2.25. The molecule has 0 saturated carbocycles. The van der Waals surface area contributed by atoms with Gasteiger partial charge in [0.05, 0.1) is 18.6 Å². The number of hydrogen-bond acceptors (Lipinski definition) is 3. The van der Waals surface area contributed by atoms with E-state index >= 15 is 0 Å². The number of furan rings is 1. The van der Waals surface area contributed by atoms with Crippen molar-refractivity contribution in [2.75, 3.05) is 6.54 Å². The summed E-state index contributed by atoms with van der Waals surface area (Å²) in [6.45, 7) is 2.65. The lowest BCUT2D eigenvalue weighted by Gasteiger charge is -2.21. The zero-order chi connectivity index (χ0) is 15.3. The van der Waals surface area contributed by atoms with Crippen molar-refractivity contribution in [2.24, 2.45) is 0 Å². The molecule has 0 amide bonds. The van der Waals surface area contributed by atoms with Gasteiger partial charge in [-0.1, -0.05) is 25.1 Å². The van der Waals surface area contributed by atoms with Crippen LogP contribution in [0.25, 0.3) is 0 Å². The number of benzene rings is 1. The van der Waals surface area contributed by atoms with Crippen LogP contribution in [0.5, 0.6) is 5.75 Å². The minimum absolute atomic E-state index is 0.209. The van der Waals surface area contributed by atoms with Gasteiger partial charge in [-0.05, 0) is 25.1 Å². The number of halogens is 3. The fraction of sp³-hybridized carbons (Fsp3) is 0.333. The largest absolute Gasteiger partial charge is 0.573 e. The third-order valence-electron chi connectivity index (χ3n) is 2.93. The molecule has 3 nitrogen and oxygen atoms in total. The summed E-state index contributed by atoms with van der Waals surface area (Å²) in [5.41, 5.74) is 1.17. The fourth-order valence-corrected chi connectivity index (χ4v) is 2.07. The predicted octanol–water partition coefficient (Wildman–Crippen LogP) is 4.27. The molecule has 0 saturated heterocycles. The smallest absolute Gasteiger partial charge is 0.472 e. The predicted molar refractivity (Wildman–Crippen MR) is 72.0 cm³/mol. The van der Waals surface area contributed by atoms with E-state index < -0.39 is 12.4 Å². The average Bonchev–Trinajstić information content (AvgIpc) is 2.93. The summed E-state index contributed by atoms with van der Waals surface area (Å²) < 4.78 is 46.7. The normalized spacial score (nSPS) is 13.1. The molecular weight excluding hydrogens is 283 g/mol. The van der Waals surface area contributed by atoms with Crippen LogP contribution in [0.4, 0.5) is 13.2 Å². The van der Waals surface area contributed by atoms with Gasteiger partial charge in [0.25, 0.3) is 0 Å². The van der Waals surface area contributed by atoms with E-state index in [0.29, 0.717) is 12.1 Å². The van der Waals surface area contributed by atoms with Gasteiger partial charge in [-0.2, -0.15) is 0 Å². The molecule has 0 aliphatic carbocycles. The van der Waals surface area contributed by atoms with Crippen molar-refractivity contribution in [3.63, 3.8) is 0 Å². The summed E-state index contributed by atoms with van der Waals surface area (Å²) in [5.74, 6) is -0.209. The van der Waals surface area contributed by atoms with Gasteiger partial charge in [-0.15, -0.1) is 13.2 Å². The Labute approximate surface area is 120 Å². The van der Waals surface area contributed by atoms with Crippen LogP contribution >= 0.6 is 0 Å².